The standard InChI is InChI=1S/C14H23N3O2S/c1-3-5-12-9-15-13(20-12)16-14(19)17-7-4-6-11(17)8-10(2)18/h9-11,18H,3-8H2,1-2H3,(H,15,16,19). The summed E-state index contributed by atoms with van der Waals surface area (Å²) in [5.74, 6) is 0. The predicted molar refractivity (Wildman–Crippen MR) is 81.2 cm³/mol. The van der Waals surface area contributed by atoms with Crippen LogP contribution in [-0.2, 0) is 6.42 Å². The maximum absolute atomic E-state index is 12.3. The fraction of sp³-hybridized carbons (Fsp3) is 0.714. The van der Waals surface area contributed by atoms with Crippen molar-refractivity contribution in [2.45, 2.75) is 58.1 Å². The number of nitrogens with zero attached hydrogens (tertiary/aromatic N) is 2. The number of anilines is 1. The first kappa shape index (κ1) is 15.3. The second-order valence-electron chi connectivity index (χ2n) is 5.39. The van der Waals surface area contributed by atoms with Gasteiger partial charge in [0.15, 0.2) is 5.13 Å². The minimum absolute atomic E-state index is 0.0921. The van der Waals surface area contributed by atoms with Crippen LogP contribution >= 0.6 is 11.3 Å². The predicted octanol–water partition coefficient (Wildman–Crippen LogP) is 2.86. The Bertz CT molecular complexity index is 447. The Morgan fingerprint density at radius 1 is 1.70 bits per heavy atom. The fourth-order valence-electron chi connectivity index (χ4n) is 2.63. The molecule has 0 aliphatic carbocycles. The number of aliphatic hydroxyl groups is 1. The lowest BCUT2D eigenvalue weighted by atomic mass is 10.1. The summed E-state index contributed by atoms with van der Waals surface area (Å²) in [5, 5.41) is 13.0. The van der Waals surface area contributed by atoms with Crippen molar-refractivity contribution in [3.63, 3.8) is 0 Å². The van der Waals surface area contributed by atoms with Crippen molar-refractivity contribution in [2.75, 3.05) is 11.9 Å². The van der Waals surface area contributed by atoms with E-state index in [1.807, 2.05) is 11.1 Å². The van der Waals surface area contributed by atoms with Crippen LogP contribution in [0.25, 0.3) is 0 Å². The first-order chi connectivity index (χ1) is 9.60. The van der Waals surface area contributed by atoms with Gasteiger partial charge in [-0.3, -0.25) is 5.32 Å². The molecule has 2 atom stereocenters. The summed E-state index contributed by atoms with van der Waals surface area (Å²) < 4.78 is 0. The van der Waals surface area contributed by atoms with Crippen LogP contribution in [0.4, 0.5) is 9.93 Å². The summed E-state index contributed by atoms with van der Waals surface area (Å²) in [6, 6.07) is 0.0515. The molecule has 1 aromatic heterocycles. The van der Waals surface area contributed by atoms with Gasteiger partial charge in [-0.2, -0.15) is 0 Å². The van der Waals surface area contributed by atoms with Gasteiger partial charge in [0.2, 0.25) is 0 Å². The molecule has 1 aliphatic rings. The van der Waals surface area contributed by atoms with E-state index in [0.29, 0.717) is 11.6 Å². The minimum atomic E-state index is -0.371. The molecule has 20 heavy (non-hydrogen) atoms. The quantitative estimate of drug-likeness (QED) is 0.878. The maximum atomic E-state index is 12.3. The number of hydrogen-bond acceptors (Lipinski definition) is 4. The minimum Gasteiger partial charge on any atom is -0.393 e. The smallest absolute Gasteiger partial charge is 0.323 e. The number of thiazole rings is 1. The third-order valence-corrected chi connectivity index (χ3v) is 4.49. The Labute approximate surface area is 124 Å². The number of urea groups is 1. The zero-order valence-corrected chi connectivity index (χ0v) is 12.9. The van der Waals surface area contributed by atoms with Crippen LogP contribution in [0.3, 0.4) is 0 Å². The summed E-state index contributed by atoms with van der Waals surface area (Å²) in [4.78, 5) is 19.5. The maximum Gasteiger partial charge on any atom is 0.323 e. The average molecular weight is 297 g/mol. The van der Waals surface area contributed by atoms with E-state index < -0.39 is 0 Å². The number of nitrogens with one attached hydrogen (secondary N) is 1. The van der Waals surface area contributed by atoms with Crippen molar-refractivity contribution in [3.05, 3.63) is 11.1 Å². The summed E-state index contributed by atoms with van der Waals surface area (Å²) in [6.45, 7) is 4.66. The molecule has 6 heteroatoms. The molecule has 0 saturated carbocycles. The first-order valence-corrected chi connectivity index (χ1v) is 8.12. The Morgan fingerprint density at radius 2 is 2.50 bits per heavy atom. The second-order valence-corrected chi connectivity index (χ2v) is 6.50. The van der Waals surface area contributed by atoms with Gasteiger partial charge in [0.25, 0.3) is 0 Å². The van der Waals surface area contributed by atoms with E-state index in [-0.39, 0.29) is 18.2 Å². The molecule has 2 heterocycles. The van der Waals surface area contributed by atoms with Crippen LogP contribution in [0.2, 0.25) is 0 Å². The Hall–Kier alpha value is -1.14. The van der Waals surface area contributed by atoms with Gasteiger partial charge >= 0.3 is 6.03 Å². The van der Waals surface area contributed by atoms with Crippen molar-refractivity contribution in [2.24, 2.45) is 0 Å². The van der Waals surface area contributed by atoms with Crippen molar-refractivity contribution in [1.29, 1.82) is 0 Å². The van der Waals surface area contributed by atoms with Crippen LogP contribution in [-0.4, -0.2) is 39.7 Å². The first-order valence-electron chi connectivity index (χ1n) is 7.30. The van der Waals surface area contributed by atoms with Crippen molar-refractivity contribution >= 4 is 22.5 Å². The largest absolute Gasteiger partial charge is 0.393 e. The average Bonchev–Trinajstić information content (AvgIpc) is 2.98. The molecule has 2 rings (SSSR count). The second kappa shape index (κ2) is 7.04. The molecule has 0 aromatic carbocycles. The van der Waals surface area contributed by atoms with E-state index in [2.05, 4.69) is 17.2 Å². The number of aryl methyl sites for hydroxylation is 1. The van der Waals surface area contributed by atoms with Gasteiger partial charge in [-0.15, -0.1) is 11.3 Å². The lowest BCUT2D eigenvalue weighted by Crippen LogP contribution is -2.40. The Kier molecular flexibility index (Phi) is 5.37. The number of hydrogen-bond donors (Lipinski definition) is 2. The SMILES string of the molecule is CCCc1cnc(NC(=O)N2CCCC2CC(C)O)s1. The lowest BCUT2D eigenvalue weighted by Gasteiger charge is -2.25. The highest BCUT2D eigenvalue weighted by Crippen LogP contribution is 2.24. The van der Waals surface area contributed by atoms with Gasteiger partial charge in [0.1, 0.15) is 0 Å². The Morgan fingerprint density at radius 3 is 3.20 bits per heavy atom. The number of rotatable bonds is 5. The number of likely N-dealkylation sites (tertiary alicyclic amines) is 1. The van der Waals surface area contributed by atoms with Gasteiger partial charge in [-0.1, -0.05) is 13.3 Å². The molecule has 1 fully saturated rings. The van der Waals surface area contributed by atoms with Crippen molar-refractivity contribution in [3.8, 4) is 0 Å². The molecule has 0 radical (unpaired) electrons. The van der Waals surface area contributed by atoms with E-state index in [0.717, 1.165) is 32.2 Å². The Balaban J connectivity index is 1.92. The van der Waals surface area contributed by atoms with Crippen LogP contribution in [0.15, 0.2) is 6.20 Å². The lowest BCUT2D eigenvalue weighted by molar-refractivity contribution is 0.142. The zero-order chi connectivity index (χ0) is 14.5. The molecule has 1 aromatic rings. The molecule has 0 bridgehead atoms. The van der Waals surface area contributed by atoms with Crippen LogP contribution in [0.1, 0.15) is 44.4 Å². The number of carbonyl (C=O) groups is 1. The van der Waals surface area contributed by atoms with Crippen LogP contribution in [0.5, 0.6) is 0 Å². The molecular formula is C14H23N3O2S. The van der Waals surface area contributed by atoms with Crippen molar-refractivity contribution in [1.82, 2.24) is 9.88 Å². The van der Waals surface area contributed by atoms with Gasteiger partial charge in [0, 0.05) is 23.7 Å². The van der Waals surface area contributed by atoms with Crippen molar-refractivity contribution < 1.29 is 9.90 Å². The summed E-state index contributed by atoms with van der Waals surface area (Å²) in [7, 11) is 0. The van der Waals surface area contributed by atoms with E-state index in [4.69, 9.17) is 0 Å². The van der Waals surface area contributed by atoms with E-state index in [1.165, 1.54) is 4.88 Å². The van der Waals surface area contributed by atoms with Crippen LogP contribution < -0.4 is 5.32 Å². The molecule has 2 unspecified atom stereocenters. The normalized spacial score (nSPS) is 20.1. The molecule has 5 nitrogen and oxygen atoms in total. The highest BCUT2D eigenvalue weighted by atomic mass is 32.1. The molecular weight excluding hydrogens is 274 g/mol. The van der Waals surface area contributed by atoms with Gasteiger partial charge in [-0.25, -0.2) is 9.78 Å². The number of carbonyl (C=O) groups excluding carboxylic acids is 1. The molecule has 112 valence electrons. The monoisotopic (exact) mass is 297 g/mol. The number of aliphatic hydroxyl groups excluding tert-OH is 1. The summed E-state index contributed by atoms with van der Waals surface area (Å²) >= 11 is 1.54. The van der Waals surface area contributed by atoms with E-state index in [9.17, 15) is 9.90 Å². The van der Waals surface area contributed by atoms with Gasteiger partial charge in [-0.05, 0) is 32.6 Å². The van der Waals surface area contributed by atoms with E-state index >= 15 is 0 Å². The third-order valence-electron chi connectivity index (χ3n) is 3.52. The van der Waals surface area contributed by atoms with Gasteiger partial charge < -0.3 is 10.0 Å². The zero-order valence-electron chi connectivity index (χ0n) is 12.1. The molecule has 2 amide bonds. The molecule has 1 aliphatic heterocycles. The highest BCUT2D eigenvalue weighted by Gasteiger charge is 2.29. The summed E-state index contributed by atoms with van der Waals surface area (Å²) in [5.41, 5.74) is 0. The topological polar surface area (TPSA) is 65.5 Å². The summed E-state index contributed by atoms with van der Waals surface area (Å²) in [6.07, 6.45) is 6.17. The highest BCUT2D eigenvalue weighted by molar-refractivity contribution is 7.15. The fourth-order valence-corrected chi connectivity index (χ4v) is 3.54. The van der Waals surface area contributed by atoms with Crippen LogP contribution in [0, 0.1) is 0 Å². The number of amides is 2. The van der Waals surface area contributed by atoms with Gasteiger partial charge in [0.05, 0.1) is 6.10 Å². The van der Waals surface area contributed by atoms with E-state index in [1.54, 1.807) is 18.3 Å². The molecule has 1 saturated heterocycles. The molecule has 0 spiro atoms. The third kappa shape index (κ3) is 3.93. The number of aromatic nitrogens is 1. The molecule has 2 N–H and O–H groups in total.